The van der Waals surface area contributed by atoms with Crippen LogP contribution in [0.25, 0.3) is 44.1 Å². The molecule has 0 aliphatic carbocycles. The number of aryl methyl sites for hydroxylation is 2. The van der Waals surface area contributed by atoms with Crippen molar-refractivity contribution in [2.24, 2.45) is 20.0 Å². The SMILES string of the molecule is CC(C)(C)OC(=O)OC(=O)OC(C)(C)C.CC(C)COC(=O)Cl.CN(C)Cc1c[nH]c2ncccc12.CN(C)Cc1cn(C)c2ncccc12.CNC.CO.Cn1cc(CCl)c2cccnc21.c1cnc2[nH]ccc2c1. The normalized spacial score (nSPS) is 10.6. The zero-order valence-corrected chi connectivity index (χ0v) is 48.9. The van der Waals surface area contributed by atoms with Crippen LogP contribution in [0.15, 0.2) is 104 Å². The monoisotopic (exact) mass is 1090 g/mol. The fourth-order valence-electron chi connectivity index (χ4n) is 6.37. The summed E-state index contributed by atoms with van der Waals surface area (Å²) >= 11 is 10.6. The Morgan fingerprint density at radius 1 is 0.671 bits per heavy atom. The minimum absolute atomic E-state index is 0.359. The number of aromatic nitrogens is 8. The fourth-order valence-corrected chi connectivity index (χ4v) is 6.64. The lowest BCUT2D eigenvalue weighted by molar-refractivity contribution is -0.0294. The number of nitrogens with zero attached hydrogens (tertiary/aromatic N) is 8. The number of rotatable bonds is 7. The standard InChI is InChI=1S/C11H15N3.C10H13N3.C10H18O5.C9H9ClN2.C7H6N2.C5H9ClO2.C2H7N.CH4O/c1-13(2)7-9-8-14(3)11-10(9)5-4-6-12-11;1-13(2)7-8-6-12-10-9(8)4-3-5-11-10;1-9(2,3)14-7(11)13-8(12)15-10(4,5)6;1-12-6-7(5-10)8-3-2-4-11-9(8)12;1-2-6-3-5-9-7(6)8-4-1;1-4(2)3-8-5(6)7;1-3-2;1-2/h4-6,8H,7H2,1-3H3;3-6H,7H2,1-2H3,(H,11,12);1-6H3;2-4,6H,5H2,1H3;1-5H,(H,8,9);4H,3H2,1-2H3;3H,1-2H3;2H,1H3. The van der Waals surface area contributed by atoms with E-state index in [9.17, 15) is 14.4 Å². The average Bonchev–Trinajstić information content (AvgIpc) is 4.14. The number of halogens is 2. The van der Waals surface area contributed by atoms with E-state index in [-0.39, 0.29) is 0 Å². The molecule has 0 fully saturated rings. The van der Waals surface area contributed by atoms with Crippen molar-refractivity contribution < 1.29 is 38.4 Å². The third-order valence-corrected chi connectivity index (χ3v) is 9.48. The second-order valence-corrected chi connectivity index (χ2v) is 20.1. The Morgan fingerprint density at radius 3 is 1.54 bits per heavy atom. The van der Waals surface area contributed by atoms with Gasteiger partial charge in [-0.1, -0.05) is 13.8 Å². The first kappa shape index (κ1) is 67.4. The van der Waals surface area contributed by atoms with E-state index in [1.54, 1.807) is 60.1 Å². The first-order chi connectivity index (χ1) is 35.8. The Hall–Kier alpha value is -6.61. The highest BCUT2D eigenvalue weighted by atomic mass is 35.5. The number of carbonyl (C=O) groups is 3. The third-order valence-electron chi connectivity index (χ3n) is 9.08. The second-order valence-electron chi connectivity index (χ2n) is 19.5. The van der Waals surface area contributed by atoms with Crippen molar-refractivity contribution in [3.05, 3.63) is 121 Å². The zero-order chi connectivity index (χ0) is 57.6. The predicted octanol–water partition coefficient (Wildman–Crippen LogP) is 11.5. The summed E-state index contributed by atoms with van der Waals surface area (Å²) in [4.78, 5) is 59.3. The van der Waals surface area contributed by atoms with Crippen LogP contribution in [0.5, 0.6) is 0 Å². The maximum absolute atomic E-state index is 11.0. The van der Waals surface area contributed by atoms with E-state index in [1.807, 2.05) is 114 Å². The molecule has 0 amide bonds. The largest absolute Gasteiger partial charge is 0.519 e. The van der Waals surface area contributed by atoms with Crippen molar-refractivity contribution >= 4 is 85.1 Å². The van der Waals surface area contributed by atoms with Gasteiger partial charge in [0.25, 0.3) is 0 Å². The van der Waals surface area contributed by atoms with Crippen LogP contribution in [0, 0.1) is 5.92 Å². The molecule has 21 heteroatoms. The average molecular weight is 1100 g/mol. The molecule has 0 atom stereocenters. The van der Waals surface area contributed by atoms with Crippen molar-refractivity contribution in [1.82, 2.24) is 54.2 Å². The maximum Gasteiger partial charge on any atom is 0.519 e. The molecule has 8 rings (SSSR count). The Balaban J connectivity index is 0.000000452. The van der Waals surface area contributed by atoms with Crippen molar-refractivity contribution in [3.63, 3.8) is 0 Å². The number of pyridine rings is 4. The summed E-state index contributed by atoms with van der Waals surface area (Å²) in [5.41, 5.74) is 5.64. The number of carbonyl (C=O) groups excluding carboxylic acids is 3. The Bertz CT molecular complexity index is 2840. The fraction of sp³-hybridized carbons (Fsp3) is 0.436. The number of H-pyrrole nitrogens is 2. The molecule has 0 saturated heterocycles. The van der Waals surface area contributed by atoms with Gasteiger partial charge in [0.1, 0.15) is 33.8 Å². The van der Waals surface area contributed by atoms with Crippen LogP contribution in [0.3, 0.4) is 0 Å². The molecule has 8 heterocycles. The first-order valence-electron chi connectivity index (χ1n) is 24.2. The Labute approximate surface area is 458 Å². The second kappa shape index (κ2) is 34.9. The van der Waals surface area contributed by atoms with Gasteiger partial charge in [0.2, 0.25) is 0 Å². The van der Waals surface area contributed by atoms with E-state index >= 15 is 0 Å². The molecule has 0 aliphatic rings. The molecule has 8 aromatic rings. The predicted molar refractivity (Wildman–Crippen MR) is 307 cm³/mol. The Morgan fingerprint density at radius 2 is 1.11 bits per heavy atom. The number of alkyl halides is 1. The molecule has 0 spiro atoms. The van der Waals surface area contributed by atoms with Crippen molar-refractivity contribution in [2.75, 3.05) is 56.0 Å². The summed E-state index contributed by atoms with van der Waals surface area (Å²) in [5.74, 6) is 0.904. The lowest BCUT2D eigenvalue weighted by atomic mass is 10.2. The van der Waals surface area contributed by atoms with Gasteiger partial charge in [-0.05, 0) is 161 Å². The van der Waals surface area contributed by atoms with Gasteiger partial charge < -0.3 is 58.3 Å². The number of aromatic amines is 2. The number of nitrogens with one attached hydrogen (secondary N) is 3. The maximum atomic E-state index is 11.0. The van der Waals surface area contributed by atoms with Gasteiger partial charge in [0.05, 0.1) is 6.61 Å². The molecule has 76 heavy (non-hydrogen) atoms. The van der Waals surface area contributed by atoms with Crippen LogP contribution in [-0.2, 0) is 52.0 Å². The molecule has 418 valence electrons. The van der Waals surface area contributed by atoms with Gasteiger partial charge >= 0.3 is 17.7 Å². The molecule has 19 nitrogen and oxygen atoms in total. The van der Waals surface area contributed by atoms with E-state index in [0.29, 0.717) is 18.4 Å². The molecule has 0 aliphatic heterocycles. The molecule has 0 unspecified atom stereocenters. The van der Waals surface area contributed by atoms with Gasteiger partial charge in [-0.2, -0.15) is 0 Å². The van der Waals surface area contributed by atoms with Gasteiger partial charge in [-0.25, -0.2) is 34.3 Å². The number of hydrogen-bond donors (Lipinski definition) is 4. The van der Waals surface area contributed by atoms with Crippen LogP contribution >= 0.6 is 23.2 Å². The summed E-state index contributed by atoms with van der Waals surface area (Å²) in [7, 11) is 17.1. The van der Waals surface area contributed by atoms with E-state index in [0.717, 1.165) is 59.1 Å². The third kappa shape index (κ3) is 26.7. The highest BCUT2D eigenvalue weighted by molar-refractivity contribution is 6.61. The summed E-state index contributed by atoms with van der Waals surface area (Å²) in [6.45, 7) is 16.2. The van der Waals surface area contributed by atoms with Crippen LogP contribution in [0.2, 0.25) is 0 Å². The van der Waals surface area contributed by atoms with Crippen LogP contribution in [0.1, 0.15) is 72.1 Å². The molecule has 0 saturated carbocycles. The molecule has 4 N–H and O–H groups in total. The highest BCUT2D eigenvalue weighted by Crippen LogP contribution is 2.21. The topological polar surface area (TPSA) is 220 Å². The van der Waals surface area contributed by atoms with Gasteiger partial charge in [0, 0.05) is 123 Å². The van der Waals surface area contributed by atoms with Gasteiger partial charge in [-0.3, -0.25) is 0 Å². The number of aliphatic hydroxyl groups excluding tert-OH is 1. The Kier molecular flexibility index (Phi) is 30.9. The molecular weight excluding hydrogens is 1010 g/mol. The van der Waals surface area contributed by atoms with Crippen molar-refractivity contribution in [3.8, 4) is 0 Å². The lowest BCUT2D eigenvalue weighted by Gasteiger charge is -2.20. The van der Waals surface area contributed by atoms with Crippen LogP contribution in [-0.4, -0.2) is 139 Å². The molecule has 8 aromatic heterocycles. The first-order valence-corrected chi connectivity index (χ1v) is 25.1. The van der Waals surface area contributed by atoms with Crippen LogP contribution in [0.4, 0.5) is 14.4 Å². The zero-order valence-electron chi connectivity index (χ0n) is 47.4. The quantitative estimate of drug-likeness (QED) is 0.0383. The molecule has 0 bridgehead atoms. The summed E-state index contributed by atoms with van der Waals surface area (Å²) < 4.78 is 22.3. The number of fused-ring (bicyclic) bond motifs is 4. The number of hydrogen-bond acceptors (Lipinski definition) is 15. The highest BCUT2D eigenvalue weighted by Gasteiger charge is 2.24. The van der Waals surface area contributed by atoms with Crippen molar-refractivity contribution in [2.45, 2.75) is 85.6 Å². The van der Waals surface area contributed by atoms with E-state index in [4.69, 9.17) is 37.8 Å². The van der Waals surface area contributed by atoms with E-state index in [2.05, 4.69) is 106 Å². The smallest absolute Gasteiger partial charge is 0.453 e. The van der Waals surface area contributed by atoms with Crippen LogP contribution < -0.4 is 5.32 Å². The van der Waals surface area contributed by atoms with Gasteiger partial charge in [-0.15, -0.1) is 11.6 Å². The van der Waals surface area contributed by atoms with Crippen molar-refractivity contribution in [1.29, 1.82) is 0 Å². The van der Waals surface area contributed by atoms with Gasteiger partial charge in [0.15, 0.2) is 0 Å². The minimum Gasteiger partial charge on any atom is -0.453 e. The molecular formula is C55H81Cl2N11O8. The number of aliphatic hydroxyl groups is 1. The number of ether oxygens (including phenoxy) is 4. The van der Waals surface area contributed by atoms with E-state index < -0.39 is 28.9 Å². The molecule has 0 aromatic carbocycles. The summed E-state index contributed by atoms with van der Waals surface area (Å²) in [6, 6.07) is 18.1. The summed E-state index contributed by atoms with van der Waals surface area (Å²) in [6.07, 6.45) is 13.2. The minimum atomic E-state index is -1.06. The lowest BCUT2D eigenvalue weighted by Crippen LogP contribution is -2.29. The molecule has 0 radical (unpaired) electrons. The summed E-state index contributed by atoms with van der Waals surface area (Å²) in [5, 5.41) is 14.5. The van der Waals surface area contributed by atoms with E-state index in [1.165, 1.54) is 21.9 Å².